The fourth-order valence-electron chi connectivity index (χ4n) is 2.53. The smallest absolute Gasteiger partial charge is 0.343 e. The number of carbonyl (C=O) groups excluding carboxylic acids is 1. The van der Waals surface area contributed by atoms with Gasteiger partial charge in [0.25, 0.3) is 0 Å². The van der Waals surface area contributed by atoms with Gasteiger partial charge in [-0.3, -0.25) is 0 Å². The van der Waals surface area contributed by atoms with Crippen LogP contribution in [0.1, 0.15) is 17.5 Å². The second-order valence-corrected chi connectivity index (χ2v) is 4.90. The molecular weight excluding hydrogens is 230 g/mol. The van der Waals surface area contributed by atoms with Gasteiger partial charge in [0.1, 0.15) is 5.57 Å². The molecule has 1 atom stereocenters. The monoisotopic (exact) mass is 245 g/mol. The van der Waals surface area contributed by atoms with Crippen LogP contribution in [0.4, 0.5) is 0 Å². The second kappa shape index (κ2) is 3.85. The van der Waals surface area contributed by atoms with Crippen molar-refractivity contribution in [1.82, 2.24) is 5.32 Å². The third-order valence-electron chi connectivity index (χ3n) is 3.62. The number of hydrogen-bond donors (Lipinski definition) is 2. The van der Waals surface area contributed by atoms with Crippen molar-refractivity contribution in [2.45, 2.75) is 18.9 Å². The number of hydrogen-bond acceptors (Lipinski definition) is 4. The molecule has 18 heavy (non-hydrogen) atoms. The molecule has 0 amide bonds. The predicted molar refractivity (Wildman–Crippen MR) is 67.0 cm³/mol. The Hall–Kier alpha value is -1.81. The van der Waals surface area contributed by atoms with Crippen molar-refractivity contribution in [2.24, 2.45) is 0 Å². The molecule has 1 aromatic carbocycles. The largest absolute Gasteiger partial charge is 0.507 e. The number of aryl methyl sites for hydroxylation is 1. The van der Waals surface area contributed by atoms with Gasteiger partial charge in [0.15, 0.2) is 11.4 Å². The van der Waals surface area contributed by atoms with Crippen LogP contribution >= 0.6 is 0 Å². The Bertz CT molecular complexity index is 524. The maximum atomic E-state index is 12.0. The SMILES string of the molecule is Cc1ccc(C2=C(O)C3(CCNC3)OC2=O)cc1. The van der Waals surface area contributed by atoms with E-state index in [1.807, 2.05) is 31.2 Å². The number of aliphatic hydroxyl groups excluding tert-OH is 1. The van der Waals surface area contributed by atoms with Crippen LogP contribution in [0.3, 0.4) is 0 Å². The first-order valence-electron chi connectivity index (χ1n) is 6.07. The van der Waals surface area contributed by atoms with E-state index in [4.69, 9.17) is 4.74 Å². The predicted octanol–water partition coefficient (Wildman–Crippen LogP) is 1.55. The highest BCUT2D eigenvalue weighted by Gasteiger charge is 2.50. The van der Waals surface area contributed by atoms with Gasteiger partial charge in [-0.15, -0.1) is 0 Å². The van der Waals surface area contributed by atoms with Crippen LogP contribution < -0.4 is 5.32 Å². The van der Waals surface area contributed by atoms with Crippen molar-refractivity contribution in [3.05, 3.63) is 41.2 Å². The summed E-state index contributed by atoms with van der Waals surface area (Å²) < 4.78 is 5.39. The highest BCUT2D eigenvalue weighted by molar-refractivity contribution is 6.19. The lowest BCUT2D eigenvalue weighted by Gasteiger charge is -2.20. The van der Waals surface area contributed by atoms with Crippen LogP contribution in [0.15, 0.2) is 30.0 Å². The maximum Gasteiger partial charge on any atom is 0.343 e. The zero-order valence-corrected chi connectivity index (χ0v) is 10.2. The van der Waals surface area contributed by atoms with Crippen LogP contribution in [0.2, 0.25) is 0 Å². The van der Waals surface area contributed by atoms with E-state index in [0.29, 0.717) is 24.1 Å². The van der Waals surface area contributed by atoms with Gasteiger partial charge in [0.05, 0.1) is 0 Å². The summed E-state index contributed by atoms with van der Waals surface area (Å²) in [7, 11) is 0. The molecule has 94 valence electrons. The van der Waals surface area contributed by atoms with Crippen molar-refractivity contribution in [1.29, 1.82) is 0 Å². The summed E-state index contributed by atoms with van der Waals surface area (Å²) in [5, 5.41) is 13.4. The normalized spacial score (nSPS) is 27.1. The average Bonchev–Trinajstić information content (AvgIpc) is 2.89. The highest BCUT2D eigenvalue weighted by atomic mass is 16.6. The Balaban J connectivity index is 2.07. The molecule has 2 aliphatic rings. The second-order valence-electron chi connectivity index (χ2n) is 4.90. The summed E-state index contributed by atoms with van der Waals surface area (Å²) in [6.45, 7) is 3.21. The van der Waals surface area contributed by atoms with Gasteiger partial charge in [-0.2, -0.15) is 0 Å². The molecule has 0 bridgehead atoms. The lowest BCUT2D eigenvalue weighted by molar-refractivity contribution is -0.145. The minimum atomic E-state index is -0.836. The Morgan fingerprint density at radius 2 is 2.06 bits per heavy atom. The lowest BCUT2D eigenvalue weighted by atomic mass is 9.96. The van der Waals surface area contributed by atoms with Crippen LogP contribution in [-0.2, 0) is 9.53 Å². The van der Waals surface area contributed by atoms with E-state index in [9.17, 15) is 9.90 Å². The van der Waals surface area contributed by atoms with E-state index in [1.165, 1.54) is 0 Å². The molecule has 3 rings (SSSR count). The van der Waals surface area contributed by atoms with E-state index < -0.39 is 11.6 Å². The first-order valence-corrected chi connectivity index (χ1v) is 6.07. The van der Waals surface area contributed by atoms with E-state index in [-0.39, 0.29) is 5.76 Å². The van der Waals surface area contributed by atoms with E-state index in [1.54, 1.807) is 0 Å². The third kappa shape index (κ3) is 1.53. The molecule has 4 heteroatoms. The molecule has 2 aliphatic heterocycles. The maximum absolute atomic E-state index is 12.0. The Morgan fingerprint density at radius 3 is 2.67 bits per heavy atom. The van der Waals surface area contributed by atoms with Gasteiger partial charge < -0.3 is 15.2 Å². The summed E-state index contributed by atoms with van der Waals surface area (Å²) in [6, 6.07) is 7.51. The summed E-state index contributed by atoms with van der Waals surface area (Å²) in [5.74, 6) is -0.360. The van der Waals surface area contributed by atoms with E-state index in [2.05, 4.69) is 5.32 Å². The summed E-state index contributed by atoms with van der Waals surface area (Å²) in [6.07, 6.45) is 0.625. The van der Waals surface area contributed by atoms with Crippen molar-refractivity contribution in [3.63, 3.8) is 0 Å². The minimum Gasteiger partial charge on any atom is -0.507 e. The molecule has 1 fully saturated rings. The molecule has 0 saturated carbocycles. The van der Waals surface area contributed by atoms with Crippen molar-refractivity contribution in [3.8, 4) is 0 Å². The zero-order chi connectivity index (χ0) is 12.8. The molecule has 0 aromatic heterocycles. The fourth-order valence-corrected chi connectivity index (χ4v) is 2.53. The molecular formula is C14H15NO3. The molecule has 0 aliphatic carbocycles. The number of ether oxygens (including phenoxy) is 1. The average molecular weight is 245 g/mol. The standard InChI is InChI=1S/C14H15NO3/c1-9-2-4-10(5-3-9)11-12(16)14(18-13(11)17)6-7-15-8-14/h2-5,15-16H,6-8H2,1H3. The molecule has 0 radical (unpaired) electrons. The van der Waals surface area contributed by atoms with Crippen LogP contribution in [0.25, 0.3) is 5.57 Å². The Morgan fingerprint density at radius 1 is 1.33 bits per heavy atom. The Labute approximate surface area is 105 Å². The summed E-state index contributed by atoms with van der Waals surface area (Å²) in [4.78, 5) is 12.0. The quantitative estimate of drug-likeness (QED) is 0.737. The molecule has 1 saturated heterocycles. The molecule has 2 N–H and O–H groups in total. The van der Waals surface area contributed by atoms with Crippen LogP contribution in [-0.4, -0.2) is 29.8 Å². The van der Waals surface area contributed by atoms with Crippen LogP contribution in [0, 0.1) is 6.92 Å². The third-order valence-corrected chi connectivity index (χ3v) is 3.62. The van der Waals surface area contributed by atoms with E-state index in [0.717, 1.165) is 12.1 Å². The number of aliphatic hydroxyl groups is 1. The van der Waals surface area contributed by atoms with Gasteiger partial charge in [0.2, 0.25) is 0 Å². The number of carbonyl (C=O) groups is 1. The highest BCUT2D eigenvalue weighted by Crippen LogP contribution is 2.39. The van der Waals surface area contributed by atoms with Gasteiger partial charge in [-0.25, -0.2) is 4.79 Å². The van der Waals surface area contributed by atoms with Crippen LogP contribution in [0.5, 0.6) is 0 Å². The first kappa shape index (κ1) is 11.3. The molecule has 1 unspecified atom stereocenters. The fraction of sp³-hybridized carbons (Fsp3) is 0.357. The van der Waals surface area contributed by atoms with Crippen molar-refractivity contribution < 1.29 is 14.6 Å². The van der Waals surface area contributed by atoms with Gasteiger partial charge in [-0.1, -0.05) is 29.8 Å². The molecule has 4 nitrogen and oxygen atoms in total. The topological polar surface area (TPSA) is 58.6 Å². The number of rotatable bonds is 1. The van der Waals surface area contributed by atoms with Crippen molar-refractivity contribution >= 4 is 11.5 Å². The Kier molecular flexibility index (Phi) is 2.41. The van der Waals surface area contributed by atoms with Gasteiger partial charge >= 0.3 is 5.97 Å². The van der Waals surface area contributed by atoms with E-state index >= 15 is 0 Å². The number of benzene rings is 1. The van der Waals surface area contributed by atoms with Gasteiger partial charge in [-0.05, 0) is 19.0 Å². The minimum absolute atomic E-state index is 0.0707. The summed E-state index contributed by atoms with van der Waals surface area (Å²) >= 11 is 0. The molecule has 1 aromatic rings. The lowest BCUT2D eigenvalue weighted by Crippen LogP contribution is -2.34. The zero-order valence-electron chi connectivity index (χ0n) is 10.2. The number of esters is 1. The number of nitrogens with one attached hydrogen (secondary N) is 1. The molecule has 2 heterocycles. The first-order chi connectivity index (χ1) is 8.62. The molecule has 1 spiro atoms. The van der Waals surface area contributed by atoms with Gasteiger partial charge in [0, 0.05) is 13.0 Å². The van der Waals surface area contributed by atoms with Crippen molar-refractivity contribution in [2.75, 3.05) is 13.1 Å². The summed E-state index contributed by atoms with van der Waals surface area (Å²) in [5.41, 5.74) is 1.30.